The maximum atomic E-state index is 12.9. The molecule has 7 nitrogen and oxygen atoms in total. The Bertz CT molecular complexity index is 946. The van der Waals surface area contributed by atoms with Gasteiger partial charge in [0.2, 0.25) is 5.95 Å². The van der Waals surface area contributed by atoms with E-state index in [1.807, 2.05) is 13.0 Å². The van der Waals surface area contributed by atoms with Crippen LogP contribution < -0.4 is 16.5 Å². The van der Waals surface area contributed by atoms with E-state index in [-0.39, 0.29) is 11.6 Å². The zero-order valence-electron chi connectivity index (χ0n) is 15.9. The highest BCUT2D eigenvalue weighted by Gasteiger charge is 2.16. The Balaban J connectivity index is 2.02. The van der Waals surface area contributed by atoms with E-state index in [1.165, 1.54) is 0 Å². The van der Waals surface area contributed by atoms with Crippen molar-refractivity contribution in [1.29, 1.82) is 0 Å². The largest absolute Gasteiger partial charge is 0.356 e. The highest BCUT2D eigenvalue weighted by Crippen LogP contribution is 2.21. The quantitative estimate of drug-likeness (QED) is 0.627. The average Bonchev–Trinajstić information content (AvgIpc) is 2.72. The van der Waals surface area contributed by atoms with E-state index < -0.39 is 0 Å². The van der Waals surface area contributed by atoms with Crippen LogP contribution in [-0.2, 0) is 19.3 Å². The predicted octanol–water partition coefficient (Wildman–Crippen LogP) is 3.15. The summed E-state index contributed by atoms with van der Waals surface area (Å²) in [5.41, 5.74) is 9.50. The van der Waals surface area contributed by atoms with Gasteiger partial charge in [0.25, 0.3) is 0 Å². The van der Waals surface area contributed by atoms with E-state index in [0.29, 0.717) is 12.2 Å². The fraction of sp³-hybridized carbons (Fsp3) is 0.300. The van der Waals surface area contributed by atoms with Crippen LogP contribution in [0.5, 0.6) is 0 Å². The van der Waals surface area contributed by atoms with Gasteiger partial charge in [-0.2, -0.15) is 9.97 Å². The lowest BCUT2D eigenvalue weighted by Crippen LogP contribution is -2.30. The maximum absolute atomic E-state index is 12.9. The van der Waals surface area contributed by atoms with Crippen molar-refractivity contribution in [1.82, 2.24) is 19.5 Å². The molecular formula is C20H24N6O. The van der Waals surface area contributed by atoms with Gasteiger partial charge in [-0.05, 0) is 36.1 Å². The van der Waals surface area contributed by atoms with Crippen molar-refractivity contribution in [2.75, 3.05) is 10.9 Å². The van der Waals surface area contributed by atoms with Crippen LogP contribution in [0.4, 0.5) is 11.6 Å². The summed E-state index contributed by atoms with van der Waals surface area (Å²) in [5.74, 6) is 0.918. The van der Waals surface area contributed by atoms with Crippen molar-refractivity contribution in [3.05, 3.63) is 70.2 Å². The van der Waals surface area contributed by atoms with Gasteiger partial charge in [-0.25, -0.2) is 9.36 Å². The Morgan fingerprint density at radius 2 is 1.56 bits per heavy atom. The molecule has 3 rings (SSSR count). The molecule has 0 aliphatic heterocycles. The molecule has 0 atom stereocenters. The van der Waals surface area contributed by atoms with Gasteiger partial charge in [-0.3, -0.25) is 15.8 Å². The van der Waals surface area contributed by atoms with Gasteiger partial charge in [0.05, 0.1) is 11.4 Å². The average molecular weight is 364 g/mol. The van der Waals surface area contributed by atoms with E-state index in [4.69, 9.17) is 0 Å². The zero-order valence-corrected chi connectivity index (χ0v) is 15.9. The molecule has 0 amide bonds. The van der Waals surface area contributed by atoms with Crippen LogP contribution in [0.15, 0.2) is 47.5 Å². The molecule has 7 heteroatoms. The lowest BCUT2D eigenvalue weighted by molar-refractivity contribution is 0.758. The molecule has 0 saturated carbocycles. The van der Waals surface area contributed by atoms with Crippen LogP contribution in [-0.4, -0.2) is 19.5 Å². The first kappa shape index (κ1) is 18.6. The first-order valence-electron chi connectivity index (χ1n) is 9.21. The number of nitrogens with one attached hydrogen (secondary N) is 2. The molecule has 27 heavy (non-hydrogen) atoms. The molecule has 3 aromatic rings. The van der Waals surface area contributed by atoms with E-state index in [2.05, 4.69) is 51.8 Å². The summed E-state index contributed by atoms with van der Waals surface area (Å²) in [7, 11) is 0. The van der Waals surface area contributed by atoms with Gasteiger partial charge < -0.3 is 0 Å². The lowest BCUT2D eigenvalue weighted by atomic mass is 10.0. The summed E-state index contributed by atoms with van der Waals surface area (Å²) in [6, 6.07) is 9.75. The minimum Gasteiger partial charge on any atom is -0.298 e. The Hall–Kier alpha value is -3.22. The van der Waals surface area contributed by atoms with Crippen LogP contribution in [0.25, 0.3) is 5.69 Å². The topological polar surface area (TPSA) is 84.7 Å². The molecule has 0 aliphatic carbocycles. The molecule has 0 fully saturated rings. The molecule has 1 aromatic carbocycles. The van der Waals surface area contributed by atoms with Crippen LogP contribution in [0.3, 0.4) is 0 Å². The number of hydrogen-bond acceptors (Lipinski definition) is 6. The van der Waals surface area contributed by atoms with Crippen molar-refractivity contribution < 1.29 is 0 Å². The first-order chi connectivity index (χ1) is 13.2. The van der Waals surface area contributed by atoms with Gasteiger partial charge >= 0.3 is 5.69 Å². The van der Waals surface area contributed by atoms with Crippen LogP contribution in [0, 0.1) is 0 Å². The number of aryl methyl sites for hydroxylation is 3. The number of nitrogens with zero attached hydrogens (tertiary/aromatic N) is 4. The van der Waals surface area contributed by atoms with E-state index >= 15 is 0 Å². The minimum atomic E-state index is -0.337. The molecule has 0 unspecified atom stereocenters. The summed E-state index contributed by atoms with van der Waals surface area (Å²) >= 11 is 0. The van der Waals surface area contributed by atoms with E-state index in [9.17, 15) is 4.79 Å². The number of hydrogen-bond donors (Lipinski definition) is 2. The Labute approximate surface area is 158 Å². The number of para-hydroxylation sites is 1. The van der Waals surface area contributed by atoms with Crippen LogP contribution in [0.2, 0.25) is 0 Å². The number of benzene rings is 1. The van der Waals surface area contributed by atoms with Crippen molar-refractivity contribution >= 4 is 11.6 Å². The van der Waals surface area contributed by atoms with Gasteiger partial charge in [-0.15, -0.1) is 0 Å². The molecule has 2 N–H and O–H groups in total. The van der Waals surface area contributed by atoms with Gasteiger partial charge in [-0.1, -0.05) is 39.0 Å². The zero-order chi connectivity index (χ0) is 19.2. The van der Waals surface area contributed by atoms with Crippen LogP contribution >= 0.6 is 0 Å². The lowest BCUT2D eigenvalue weighted by Gasteiger charge is -2.18. The normalized spacial score (nSPS) is 10.6. The molecule has 0 spiro atoms. The smallest absolute Gasteiger partial charge is 0.298 e. The third-order valence-electron chi connectivity index (χ3n) is 4.39. The fourth-order valence-electron chi connectivity index (χ4n) is 3.03. The van der Waals surface area contributed by atoms with Crippen molar-refractivity contribution in [2.24, 2.45) is 0 Å². The van der Waals surface area contributed by atoms with Crippen LogP contribution in [0.1, 0.15) is 37.7 Å². The summed E-state index contributed by atoms with van der Waals surface area (Å²) in [6.45, 7) is 6.16. The van der Waals surface area contributed by atoms with Crippen molar-refractivity contribution in [3.63, 3.8) is 0 Å². The number of pyridine rings is 1. The Morgan fingerprint density at radius 1 is 0.889 bits per heavy atom. The maximum Gasteiger partial charge on any atom is 0.356 e. The third-order valence-corrected chi connectivity index (χ3v) is 4.39. The molecule has 2 aromatic heterocycles. The first-order valence-corrected chi connectivity index (χ1v) is 9.21. The highest BCUT2D eigenvalue weighted by atomic mass is 16.1. The summed E-state index contributed by atoms with van der Waals surface area (Å²) in [4.78, 5) is 25.6. The molecule has 0 saturated heterocycles. The number of rotatable bonds is 7. The molecule has 2 heterocycles. The molecule has 140 valence electrons. The minimum absolute atomic E-state index is 0.247. The highest BCUT2D eigenvalue weighted by molar-refractivity contribution is 5.50. The summed E-state index contributed by atoms with van der Waals surface area (Å²) < 4.78 is 1.65. The van der Waals surface area contributed by atoms with Gasteiger partial charge in [0, 0.05) is 18.8 Å². The van der Waals surface area contributed by atoms with E-state index in [1.54, 1.807) is 29.1 Å². The summed E-state index contributed by atoms with van der Waals surface area (Å²) in [5, 5.41) is 0. The molecule has 0 aliphatic rings. The fourth-order valence-corrected chi connectivity index (χ4v) is 3.03. The standard InChI is InChI=1S/C20H24N6O/c1-4-14-8-7-9-15(5-2)18(14)26-17(6-3)22-19(23-20(26)27)25-24-16-10-12-21-13-11-16/h7-13H,4-6H2,1-3H3,(H,21,24)(H,23,25,27). The van der Waals surface area contributed by atoms with Gasteiger partial charge in [0.1, 0.15) is 5.82 Å². The van der Waals surface area contributed by atoms with Crippen molar-refractivity contribution in [2.45, 2.75) is 40.0 Å². The van der Waals surface area contributed by atoms with Crippen molar-refractivity contribution in [3.8, 4) is 5.69 Å². The van der Waals surface area contributed by atoms with Gasteiger partial charge in [0.15, 0.2) is 0 Å². The second-order valence-electron chi connectivity index (χ2n) is 6.05. The van der Waals surface area contributed by atoms with E-state index in [0.717, 1.165) is 35.3 Å². The third kappa shape index (κ3) is 3.97. The molecular weight excluding hydrogens is 340 g/mol. The Kier molecular flexibility index (Phi) is 5.80. The number of aromatic nitrogens is 4. The summed E-state index contributed by atoms with van der Waals surface area (Å²) in [6.07, 6.45) is 5.64. The SMILES string of the molecule is CCc1cccc(CC)c1-n1c(CC)nc(NNc2ccncc2)nc1=O. The second-order valence-corrected chi connectivity index (χ2v) is 6.05. The number of anilines is 2. The molecule has 0 bridgehead atoms. The number of hydrazine groups is 1. The Morgan fingerprint density at radius 3 is 2.15 bits per heavy atom. The predicted molar refractivity (Wildman–Crippen MR) is 107 cm³/mol. The monoisotopic (exact) mass is 364 g/mol. The second kappa shape index (κ2) is 8.44. The molecule has 0 radical (unpaired) electrons.